The van der Waals surface area contributed by atoms with Gasteiger partial charge in [-0.15, -0.1) is 0 Å². The molecule has 2 N–H and O–H groups in total. The molecule has 0 radical (unpaired) electrons. The van der Waals surface area contributed by atoms with Gasteiger partial charge in [-0.1, -0.05) is 52.3 Å². The zero-order valence-electron chi connectivity index (χ0n) is 16.2. The van der Waals surface area contributed by atoms with Gasteiger partial charge in [-0.05, 0) is 43.3 Å². The molecule has 0 atom stereocenters. The van der Waals surface area contributed by atoms with E-state index >= 15 is 0 Å². The number of carbonyl (C=O) groups excluding carboxylic acids is 1. The highest BCUT2D eigenvalue weighted by molar-refractivity contribution is 9.10. The highest BCUT2D eigenvalue weighted by Crippen LogP contribution is 2.32. The van der Waals surface area contributed by atoms with Gasteiger partial charge in [-0.3, -0.25) is 0 Å². The number of aliphatic imine (C=N–C) groups is 1. The summed E-state index contributed by atoms with van der Waals surface area (Å²) in [5.41, 5.74) is 3.89. The van der Waals surface area contributed by atoms with Gasteiger partial charge in [0, 0.05) is 20.9 Å². The van der Waals surface area contributed by atoms with Crippen LogP contribution in [0.25, 0.3) is 10.9 Å². The summed E-state index contributed by atoms with van der Waals surface area (Å²) in [7, 11) is 0. The lowest BCUT2D eigenvalue weighted by atomic mass is 10.00. The Balaban J connectivity index is 1.89. The molecule has 0 amide bonds. The number of hydrogen-bond acceptors (Lipinski definition) is 4. The third kappa shape index (κ3) is 4.00. The van der Waals surface area contributed by atoms with Crippen LogP contribution in [0.3, 0.4) is 0 Å². The van der Waals surface area contributed by atoms with E-state index in [0.29, 0.717) is 29.0 Å². The first-order valence-corrected chi connectivity index (χ1v) is 10.3. The number of aromatic amines is 1. The van der Waals surface area contributed by atoms with Gasteiger partial charge in [0.05, 0.1) is 29.1 Å². The van der Waals surface area contributed by atoms with E-state index < -0.39 is 5.97 Å². The van der Waals surface area contributed by atoms with Crippen molar-refractivity contribution in [2.45, 2.75) is 6.92 Å². The van der Waals surface area contributed by atoms with E-state index in [9.17, 15) is 9.90 Å². The zero-order valence-corrected chi connectivity index (χ0v) is 17.8. The SMILES string of the molecule is CCOC(=O)c1ccc2c(C(=Nc3ccc(Br)cc3)c3ccccc3)c(O)[nH]c2c1. The van der Waals surface area contributed by atoms with Crippen LogP contribution < -0.4 is 0 Å². The maximum absolute atomic E-state index is 12.1. The standard InChI is InChI=1S/C24H19BrN2O3/c1-2-30-24(29)16-8-13-19-20(14-16)27-23(28)21(19)22(15-6-4-3-5-7-15)26-18-11-9-17(25)10-12-18/h3-14,27-28H,2H2,1H3. The first-order chi connectivity index (χ1) is 14.6. The maximum Gasteiger partial charge on any atom is 0.338 e. The van der Waals surface area contributed by atoms with Crippen LogP contribution in [0.1, 0.15) is 28.4 Å². The average Bonchev–Trinajstić information content (AvgIpc) is 3.09. The number of nitrogens with zero attached hydrogens (tertiary/aromatic N) is 1. The van der Waals surface area contributed by atoms with Gasteiger partial charge in [0.15, 0.2) is 5.88 Å². The minimum Gasteiger partial charge on any atom is -0.494 e. The van der Waals surface area contributed by atoms with Gasteiger partial charge < -0.3 is 14.8 Å². The number of rotatable bonds is 5. The average molecular weight is 463 g/mol. The Morgan fingerprint density at radius 3 is 2.47 bits per heavy atom. The molecule has 150 valence electrons. The first-order valence-electron chi connectivity index (χ1n) is 9.48. The number of ether oxygens (including phenoxy) is 1. The second-order valence-corrected chi connectivity index (χ2v) is 7.55. The van der Waals surface area contributed by atoms with Crippen LogP contribution in [0.5, 0.6) is 5.88 Å². The van der Waals surface area contributed by atoms with Gasteiger partial charge in [0.1, 0.15) is 0 Å². The highest BCUT2D eigenvalue weighted by Gasteiger charge is 2.20. The van der Waals surface area contributed by atoms with E-state index in [1.165, 1.54) is 0 Å². The fourth-order valence-electron chi connectivity index (χ4n) is 3.27. The minimum absolute atomic E-state index is 0.00859. The van der Waals surface area contributed by atoms with Gasteiger partial charge >= 0.3 is 5.97 Å². The van der Waals surface area contributed by atoms with Crippen LogP contribution in [0, 0.1) is 0 Å². The summed E-state index contributed by atoms with van der Waals surface area (Å²) in [4.78, 5) is 19.9. The molecule has 0 bridgehead atoms. The number of halogens is 1. The molecule has 3 aromatic carbocycles. The fraction of sp³-hybridized carbons (Fsp3) is 0.0833. The van der Waals surface area contributed by atoms with Crippen molar-refractivity contribution in [3.8, 4) is 5.88 Å². The van der Waals surface area contributed by atoms with Crippen molar-refractivity contribution in [3.63, 3.8) is 0 Å². The Bertz CT molecular complexity index is 1230. The molecule has 1 heterocycles. The van der Waals surface area contributed by atoms with E-state index in [1.54, 1.807) is 25.1 Å². The van der Waals surface area contributed by atoms with Crippen LogP contribution in [0.2, 0.25) is 0 Å². The summed E-state index contributed by atoms with van der Waals surface area (Å²) in [6, 6.07) is 22.5. The zero-order chi connectivity index (χ0) is 21.1. The Hall–Kier alpha value is -3.38. The summed E-state index contributed by atoms with van der Waals surface area (Å²) >= 11 is 3.44. The molecule has 0 fully saturated rings. The number of aromatic nitrogens is 1. The molecule has 6 heteroatoms. The van der Waals surface area contributed by atoms with Gasteiger partial charge in [-0.25, -0.2) is 9.79 Å². The maximum atomic E-state index is 12.1. The van der Waals surface area contributed by atoms with Crippen molar-refractivity contribution in [2.75, 3.05) is 6.61 Å². The van der Waals surface area contributed by atoms with E-state index in [-0.39, 0.29) is 5.88 Å². The first kappa shape index (κ1) is 19.9. The van der Waals surface area contributed by atoms with Crippen molar-refractivity contribution in [2.24, 2.45) is 4.99 Å². The van der Waals surface area contributed by atoms with Crippen LogP contribution >= 0.6 is 15.9 Å². The number of esters is 1. The van der Waals surface area contributed by atoms with E-state index in [1.807, 2.05) is 54.6 Å². The molecule has 4 rings (SSSR count). The molecule has 0 spiro atoms. The number of benzene rings is 3. The van der Waals surface area contributed by atoms with Crippen LogP contribution in [-0.2, 0) is 4.74 Å². The summed E-state index contributed by atoms with van der Waals surface area (Å²) in [5.74, 6) is -0.410. The van der Waals surface area contributed by atoms with Crippen molar-refractivity contribution >= 4 is 44.2 Å². The summed E-state index contributed by atoms with van der Waals surface area (Å²) in [5, 5.41) is 11.5. The molecule has 0 saturated heterocycles. The van der Waals surface area contributed by atoms with Gasteiger partial charge in [0.2, 0.25) is 0 Å². The lowest BCUT2D eigenvalue weighted by Gasteiger charge is -2.08. The van der Waals surface area contributed by atoms with E-state index in [0.717, 1.165) is 21.1 Å². The number of fused-ring (bicyclic) bond motifs is 1. The van der Waals surface area contributed by atoms with Gasteiger partial charge in [-0.2, -0.15) is 0 Å². The lowest BCUT2D eigenvalue weighted by Crippen LogP contribution is -2.05. The van der Waals surface area contributed by atoms with Crippen LogP contribution in [0.15, 0.2) is 82.3 Å². The van der Waals surface area contributed by atoms with Gasteiger partial charge in [0.25, 0.3) is 0 Å². The third-order valence-electron chi connectivity index (χ3n) is 4.64. The molecular formula is C24H19BrN2O3. The highest BCUT2D eigenvalue weighted by atomic mass is 79.9. The fourth-order valence-corrected chi connectivity index (χ4v) is 3.53. The topological polar surface area (TPSA) is 74.7 Å². The number of nitrogens with one attached hydrogen (secondary N) is 1. The molecule has 30 heavy (non-hydrogen) atoms. The Kier molecular flexibility index (Phi) is 5.68. The molecule has 0 saturated carbocycles. The Morgan fingerprint density at radius 2 is 1.77 bits per heavy atom. The quantitative estimate of drug-likeness (QED) is 0.282. The molecule has 0 aliphatic carbocycles. The second kappa shape index (κ2) is 8.55. The predicted molar refractivity (Wildman–Crippen MR) is 122 cm³/mol. The largest absolute Gasteiger partial charge is 0.494 e. The summed E-state index contributed by atoms with van der Waals surface area (Å²) in [6.07, 6.45) is 0. The summed E-state index contributed by atoms with van der Waals surface area (Å²) in [6.45, 7) is 2.07. The molecule has 0 unspecified atom stereocenters. The predicted octanol–water partition coefficient (Wildman–Crippen LogP) is 5.98. The number of hydrogen-bond donors (Lipinski definition) is 2. The van der Waals surface area contributed by atoms with Crippen molar-refractivity contribution in [3.05, 3.63) is 94.0 Å². The number of carbonyl (C=O) groups is 1. The van der Waals surface area contributed by atoms with Crippen molar-refractivity contribution in [1.29, 1.82) is 0 Å². The molecule has 0 aliphatic heterocycles. The third-order valence-corrected chi connectivity index (χ3v) is 5.17. The summed E-state index contributed by atoms with van der Waals surface area (Å²) < 4.78 is 6.04. The second-order valence-electron chi connectivity index (χ2n) is 6.63. The van der Waals surface area contributed by atoms with E-state index in [2.05, 4.69) is 20.9 Å². The normalized spacial score (nSPS) is 11.6. The van der Waals surface area contributed by atoms with E-state index in [4.69, 9.17) is 9.73 Å². The molecule has 1 aromatic heterocycles. The molecule has 4 aromatic rings. The lowest BCUT2D eigenvalue weighted by molar-refractivity contribution is 0.0526. The Labute approximate surface area is 182 Å². The molecule has 5 nitrogen and oxygen atoms in total. The minimum atomic E-state index is -0.401. The smallest absolute Gasteiger partial charge is 0.338 e. The van der Waals surface area contributed by atoms with Crippen LogP contribution in [0.4, 0.5) is 5.69 Å². The van der Waals surface area contributed by atoms with Crippen molar-refractivity contribution in [1.82, 2.24) is 4.98 Å². The van der Waals surface area contributed by atoms with Crippen molar-refractivity contribution < 1.29 is 14.6 Å². The monoisotopic (exact) mass is 462 g/mol. The van der Waals surface area contributed by atoms with Crippen LogP contribution in [-0.4, -0.2) is 28.4 Å². The Morgan fingerprint density at radius 1 is 1.03 bits per heavy atom. The number of aromatic hydroxyl groups is 1. The number of H-pyrrole nitrogens is 1. The molecule has 0 aliphatic rings. The molecular weight excluding hydrogens is 444 g/mol.